The fourth-order valence-corrected chi connectivity index (χ4v) is 5.44. The first-order valence-corrected chi connectivity index (χ1v) is 14.3. The maximum absolute atomic E-state index is 12.7. The molecule has 2 aromatic heterocycles. The average Bonchev–Trinajstić information content (AvgIpc) is 3.37. The van der Waals surface area contributed by atoms with E-state index in [9.17, 15) is 13.2 Å². The summed E-state index contributed by atoms with van der Waals surface area (Å²) >= 11 is 1.28. The molecule has 0 saturated heterocycles. The van der Waals surface area contributed by atoms with Crippen molar-refractivity contribution in [1.29, 1.82) is 0 Å². The second kappa shape index (κ2) is 11.5. The van der Waals surface area contributed by atoms with Gasteiger partial charge in [0.05, 0.1) is 21.3 Å². The molecule has 0 aliphatic rings. The van der Waals surface area contributed by atoms with Gasteiger partial charge in [-0.1, -0.05) is 36.4 Å². The number of thioether (sulfide) groups is 1. The summed E-state index contributed by atoms with van der Waals surface area (Å²) < 4.78 is 29.7. The number of carbonyl (C=O) groups is 1. The highest BCUT2D eigenvalue weighted by atomic mass is 32.2. The maximum Gasteiger partial charge on any atom is 0.342 e. The molecule has 3 aromatic carbocycles. The van der Waals surface area contributed by atoms with Crippen LogP contribution in [0.1, 0.15) is 5.69 Å². The van der Waals surface area contributed by atoms with Crippen LogP contribution in [0.25, 0.3) is 17.1 Å². The third kappa shape index (κ3) is 6.30. The summed E-state index contributed by atoms with van der Waals surface area (Å²) in [5.41, 5.74) is 2.98. The van der Waals surface area contributed by atoms with Gasteiger partial charge >= 0.3 is 5.16 Å². The van der Waals surface area contributed by atoms with Crippen LogP contribution in [-0.2, 0) is 14.8 Å². The van der Waals surface area contributed by atoms with Gasteiger partial charge in [-0.05, 0) is 73.3 Å². The molecule has 0 aliphatic carbocycles. The summed E-state index contributed by atoms with van der Waals surface area (Å²) in [6.45, 7) is 1.74. The third-order valence-corrected chi connectivity index (χ3v) is 7.82. The summed E-state index contributed by atoms with van der Waals surface area (Å²) in [5, 5.41) is 11.0. The lowest BCUT2D eigenvalue weighted by Crippen LogP contribution is -2.34. The van der Waals surface area contributed by atoms with Crippen LogP contribution in [0.3, 0.4) is 0 Å². The predicted octanol–water partition coefficient (Wildman–Crippen LogP) is 3.98. The van der Waals surface area contributed by atoms with Crippen molar-refractivity contribution in [3.8, 4) is 17.1 Å². The van der Waals surface area contributed by atoms with Gasteiger partial charge in [-0.25, -0.2) is 23.1 Å². The van der Waals surface area contributed by atoms with Gasteiger partial charge < -0.3 is 5.32 Å². The van der Waals surface area contributed by atoms with Crippen LogP contribution in [0, 0.1) is 6.92 Å². The van der Waals surface area contributed by atoms with Crippen molar-refractivity contribution < 1.29 is 17.8 Å². The molecule has 0 spiro atoms. The number of nitrogens with zero attached hydrogens (tertiary/aromatic N) is 4. The number of H-pyrrole nitrogens is 1. The number of rotatable bonds is 9. The first-order valence-electron chi connectivity index (χ1n) is 11.9. The number of aromatic nitrogens is 5. The molecule has 0 atom stereocenters. The molecule has 0 radical (unpaired) electrons. The summed E-state index contributed by atoms with van der Waals surface area (Å²) in [5.74, 6) is 0.626. The molecule has 10 nitrogen and oxygen atoms in total. The van der Waals surface area contributed by atoms with E-state index in [0.29, 0.717) is 16.5 Å². The van der Waals surface area contributed by atoms with Crippen LogP contribution >= 0.6 is 11.8 Å². The number of hydrogen-bond acceptors (Lipinski definition) is 7. The molecule has 12 heteroatoms. The SMILES string of the molecule is Cc1ccnc(NS(=O)(=O)c2ccc(NC(=O)CSc3n[nH]c(-c4ccccc4)[n+]3-c3ccccc3)cc2)n1. The van der Waals surface area contributed by atoms with Crippen molar-refractivity contribution >= 4 is 39.3 Å². The van der Waals surface area contributed by atoms with Crippen molar-refractivity contribution in [2.75, 3.05) is 15.8 Å². The van der Waals surface area contributed by atoms with Crippen molar-refractivity contribution in [3.63, 3.8) is 0 Å². The Morgan fingerprint density at radius 2 is 1.64 bits per heavy atom. The zero-order chi connectivity index (χ0) is 27.2. The van der Waals surface area contributed by atoms with Crippen LogP contribution in [0.2, 0.25) is 0 Å². The Labute approximate surface area is 229 Å². The number of sulfonamides is 1. The monoisotopic (exact) mass is 558 g/mol. The minimum atomic E-state index is -3.88. The molecular weight excluding hydrogens is 534 g/mol. The number of anilines is 2. The van der Waals surface area contributed by atoms with Crippen molar-refractivity contribution in [1.82, 2.24) is 20.2 Å². The van der Waals surface area contributed by atoms with Gasteiger partial charge in [0.2, 0.25) is 11.9 Å². The second-order valence-electron chi connectivity index (χ2n) is 8.38. The summed E-state index contributed by atoms with van der Waals surface area (Å²) in [6, 6.07) is 27.1. The minimum absolute atomic E-state index is 0.00839. The lowest BCUT2D eigenvalue weighted by Gasteiger charge is -2.09. The lowest BCUT2D eigenvalue weighted by atomic mass is 10.2. The van der Waals surface area contributed by atoms with E-state index in [4.69, 9.17) is 0 Å². The molecule has 0 unspecified atom stereocenters. The van der Waals surface area contributed by atoms with Gasteiger partial charge in [-0.2, -0.15) is 4.57 Å². The number of nitrogens with one attached hydrogen (secondary N) is 3. The van der Waals surface area contributed by atoms with E-state index in [1.165, 1.54) is 42.2 Å². The Kier molecular flexibility index (Phi) is 7.66. The van der Waals surface area contributed by atoms with E-state index in [2.05, 4.69) is 30.2 Å². The van der Waals surface area contributed by atoms with E-state index in [0.717, 1.165) is 17.1 Å². The number of carbonyl (C=O) groups excluding carboxylic acids is 1. The number of aryl methyl sites for hydroxylation is 1. The molecule has 0 fully saturated rings. The van der Waals surface area contributed by atoms with Crippen LogP contribution in [-0.4, -0.2) is 40.2 Å². The van der Waals surface area contributed by atoms with Gasteiger partial charge in [0.1, 0.15) is 5.69 Å². The molecular formula is C27H24N7O3S2+. The summed E-state index contributed by atoms with van der Waals surface area (Å²) in [7, 11) is -3.88. The van der Waals surface area contributed by atoms with Gasteiger partial charge in [0.25, 0.3) is 15.8 Å². The minimum Gasteiger partial charge on any atom is -0.325 e. The number of benzene rings is 3. The zero-order valence-electron chi connectivity index (χ0n) is 20.8. The standard InChI is InChI=1S/C27H23N7O3S2/c1-19-16-17-28-26(29-19)33-39(36,37)23-14-12-21(13-15-23)30-24(35)18-38-27-32-31-25(20-8-4-2-5-9-20)34(27)22-10-6-3-7-11-22/h2-17H,18H2,1H3,(H2,28,29,30,33,35)/p+1. The molecule has 196 valence electrons. The number of hydrogen-bond donors (Lipinski definition) is 3. The largest absolute Gasteiger partial charge is 0.342 e. The number of aromatic amines is 1. The molecule has 3 N–H and O–H groups in total. The Balaban J connectivity index is 1.26. The quantitative estimate of drug-likeness (QED) is 0.184. The highest BCUT2D eigenvalue weighted by Gasteiger charge is 2.24. The van der Waals surface area contributed by atoms with Crippen molar-refractivity contribution in [2.24, 2.45) is 0 Å². The van der Waals surface area contributed by atoms with Gasteiger partial charge in [0.15, 0.2) is 0 Å². The fraction of sp³-hybridized carbons (Fsp3) is 0.0741. The van der Waals surface area contributed by atoms with Crippen LogP contribution in [0.15, 0.2) is 107 Å². The van der Waals surface area contributed by atoms with Crippen LogP contribution < -0.4 is 14.6 Å². The second-order valence-corrected chi connectivity index (χ2v) is 11.0. The fourth-order valence-electron chi connectivity index (χ4n) is 3.72. The smallest absolute Gasteiger partial charge is 0.325 e. The molecule has 5 rings (SSSR count). The van der Waals surface area contributed by atoms with Gasteiger partial charge in [-0.3, -0.25) is 4.79 Å². The van der Waals surface area contributed by atoms with Crippen molar-refractivity contribution in [3.05, 3.63) is 103 Å². The predicted molar refractivity (Wildman–Crippen MR) is 149 cm³/mol. The van der Waals surface area contributed by atoms with E-state index in [-0.39, 0.29) is 22.5 Å². The van der Waals surface area contributed by atoms with Gasteiger partial charge in [0, 0.05) is 17.6 Å². The highest BCUT2D eigenvalue weighted by Crippen LogP contribution is 2.21. The molecule has 39 heavy (non-hydrogen) atoms. The maximum atomic E-state index is 12.7. The topological polar surface area (TPSA) is 134 Å². The van der Waals surface area contributed by atoms with Crippen LogP contribution in [0.5, 0.6) is 0 Å². The average molecular weight is 559 g/mol. The molecule has 0 saturated carbocycles. The number of amides is 1. The highest BCUT2D eigenvalue weighted by molar-refractivity contribution is 7.99. The molecule has 0 aliphatic heterocycles. The van der Waals surface area contributed by atoms with E-state index >= 15 is 0 Å². The molecule has 1 amide bonds. The third-order valence-electron chi connectivity index (χ3n) is 5.54. The van der Waals surface area contributed by atoms with E-state index < -0.39 is 10.0 Å². The Morgan fingerprint density at radius 3 is 2.33 bits per heavy atom. The molecule has 2 heterocycles. The van der Waals surface area contributed by atoms with Crippen molar-refractivity contribution in [2.45, 2.75) is 17.0 Å². The molecule has 0 bridgehead atoms. The zero-order valence-corrected chi connectivity index (χ0v) is 22.4. The first-order chi connectivity index (χ1) is 18.9. The summed E-state index contributed by atoms with van der Waals surface area (Å²) in [4.78, 5) is 20.7. The lowest BCUT2D eigenvalue weighted by molar-refractivity contribution is -0.625. The van der Waals surface area contributed by atoms with Crippen LogP contribution in [0.4, 0.5) is 11.6 Å². The van der Waals surface area contributed by atoms with Gasteiger partial charge in [-0.15, -0.1) is 5.10 Å². The first kappa shape index (κ1) is 26.1. The van der Waals surface area contributed by atoms with E-state index in [1.54, 1.807) is 13.0 Å². The Morgan fingerprint density at radius 1 is 0.949 bits per heavy atom. The Bertz CT molecular complexity index is 1690. The number of para-hydroxylation sites is 1. The normalized spacial score (nSPS) is 11.2. The Hall–Kier alpha value is -4.55. The summed E-state index contributed by atoms with van der Waals surface area (Å²) in [6.07, 6.45) is 1.48. The van der Waals surface area contributed by atoms with E-state index in [1.807, 2.05) is 65.2 Å². The molecule has 5 aromatic rings.